The first kappa shape index (κ1) is 15.3. The van der Waals surface area contributed by atoms with Crippen LogP contribution in [-0.4, -0.2) is 23.1 Å². The van der Waals surface area contributed by atoms with Gasteiger partial charge in [0.1, 0.15) is 16.5 Å². The maximum atomic E-state index is 13.0. The summed E-state index contributed by atoms with van der Waals surface area (Å²) in [6, 6.07) is 8.60. The Morgan fingerprint density at radius 1 is 1.04 bits per heavy atom. The second kappa shape index (κ2) is 6.73. The third kappa shape index (κ3) is 3.19. The Bertz CT molecular complexity index is 825. The van der Waals surface area contributed by atoms with E-state index >= 15 is 0 Å². The van der Waals surface area contributed by atoms with Crippen molar-refractivity contribution >= 4 is 33.3 Å². The summed E-state index contributed by atoms with van der Waals surface area (Å²) in [4.78, 5) is 12.8. The SMILES string of the molecule is Fc1ccc(CNc2nc(N3CCCCC3)nc3sccc23)cc1. The van der Waals surface area contributed by atoms with Gasteiger partial charge in [-0.25, -0.2) is 9.37 Å². The molecule has 0 aliphatic carbocycles. The van der Waals surface area contributed by atoms with Crippen LogP contribution >= 0.6 is 11.3 Å². The number of hydrogen-bond donors (Lipinski definition) is 1. The molecule has 0 unspecified atom stereocenters. The van der Waals surface area contributed by atoms with E-state index in [1.54, 1.807) is 23.5 Å². The predicted molar refractivity (Wildman–Crippen MR) is 97.2 cm³/mol. The highest BCUT2D eigenvalue weighted by atomic mass is 32.1. The topological polar surface area (TPSA) is 41.1 Å². The Kier molecular flexibility index (Phi) is 4.30. The van der Waals surface area contributed by atoms with E-state index < -0.39 is 0 Å². The molecule has 2 aromatic heterocycles. The zero-order valence-electron chi connectivity index (χ0n) is 13.3. The number of nitrogens with zero attached hydrogens (tertiary/aromatic N) is 3. The van der Waals surface area contributed by atoms with Crippen LogP contribution in [0.5, 0.6) is 0 Å². The molecule has 0 saturated carbocycles. The first-order valence-electron chi connectivity index (χ1n) is 8.28. The first-order valence-corrected chi connectivity index (χ1v) is 9.16. The number of thiophene rings is 1. The Morgan fingerprint density at radius 3 is 2.62 bits per heavy atom. The van der Waals surface area contributed by atoms with Gasteiger partial charge in [-0.15, -0.1) is 11.3 Å². The molecule has 1 N–H and O–H groups in total. The highest BCUT2D eigenvalue weighted by Crippen LogP contribution is 2.29. The van der Waals surface area contributed by atoms with Crippen LogP contribution < -0.4 is 10.2 Å². The third-order valence-corrected chi connectivity index (χ3v) is 5.13. The summed E-state index contributed by atoms with van der Waals surface area (Å²) in [5.41, 5.74) is 1.03. The highest BCUT2D eigenvalue weighted by Gasteiger charge is 2.16. The van der Waals surface area contributed by atoms with Gasteiger partial charge in [-0.05, 0) is 48.4 Å². The van der Waals surface area contributed by atoms with Gasteiger partial charge >= 0.3 is 0 Å². The van der Waals surface area contributed by atoms with E-state index in [0.717, 1.165) is 40.6 Å². The monoisotopic (exact) mass is 342 g/mol. The molecule has 4 nitrogen and oxygen atoms in total. The summed E-state index contributed by atoms with van der Waals surface area (Å²) in [7, 11) is 0. The lowest BCUT2D eigenvalue weighted by atomic mass is 10.1. The van der Waals surface area contributed by atoms with Crippen LogP contribution in [0.3, 0.4) is 0 Å². The average Bonchev–Trinajstić information content (AvgIpc) is 3.10. The van der Waals surface area contributed by atoms with Crippen LogP contribution in [-0.2, 0) is 6.54 Å². The van der Waals surface area contributed by atoms with Crippen LogP contribution in [0, 0.1) is 5.82 Å². The largest absolute Gasteiger partial charge is 0.365 e. The quantitative estimate of drug-likeness (QED) is 0.761. The van der Waals surface area contributed by atoms with E-state index in [4.69, 9.17) is 9.97 Å². The van der Waals surface area contributed by atoms with Gasteiger partial charge < -0.3 is 10.2 Å². The van der Waals surface area contributed by atoms with Crippen molar-refractivity contribution in [2.24, 2.45) is 0 Å². The van der Waals surface area contributed by atoms with Crippen molar-refractivity contribution in [1.82, 2.24) is 9.97 Å². The average molecular weight is 342 g/mol. The number of aromatic nitrogens is 2. The second-order valence-electron chi connectivity index (χ2n) is 6.04. The molecule has 1 fully saturated rings. The number of halogens is 1. The van der Waals surface area contributed by atoms with Crippen LogP contribution in [0.15, 0.2) is 35.7 Å². The first-order chi connectivity index (χ1) is 11.8. The lowest BCUT2D eigenvalue weighted by molar-refractivity contribution is 0.569. The molecule has 1 saturated heterocycles. The van der Waals surface area contributed by atoms with Crippen LogP contribution in [0.2, 0.25) is 0 Å². The smallest absolute Gasteiger partial charge is 0.228 e. The summed E-state index contributed by atoms with van der Waals surface area (Å²) >= 11 is 1.64. The lowest BCUT2D eigenvalue weighted by Crippen LogP contribution is -2.31. The normalized spacial score (nSPS) is 15.0. The summed E-state index contributed by atoms with van der Waals surface area (Å²) in [6.07, 6.45) is 3.68. The number of benzene rings is 1. The van der Waals surface area contributed by atoms with Gasteiger partial charge in [0.25, 0.3) is 0 Å². The van der Waals surface area contributed by atoms with Crippen LogP contribution in [0.4, 0.5) is 16.2 Å². The molecule has 124 valence electrons. The van der Waals surface area contributed by atoms with Crippen LogP contribution in [0.25, 0.3) is 10.2 Å². The number of rotatable bonds is 4. The van der Waals surface area contributed by atoms with E-state index in [1.807, 2.05) is 11.4 Å². The van der Waals surface area contributed by atoms with E-state index in [1.165, 1.54) is 31.4 Å². The summed E-state index contributed by atoms with van der Waals surface area (Å²) in [5, 5.41) is 6.48. The van der Waals surface area contributed by atoms with Gasteiger partial charge in [0.05, 0.1) is 5.39 Å². The second-order valence-corrected chi connectivity index (χ2v) is 6.93. The Balaban J connectivity index is 1.60. The van der Waals surface area contributed by atoms with E-state index in [2.05, 4.69) is 10.2 Å². The molecule has 6 heteroatoms. The predicted octanol–water partition coefficient (Wildman–Crippen LogP) is 4.43. The molecule has 0 radical (unpaired) electrons. The van der Waals surface area contributed by atoms with Gasteiger partial charge in [0, 0.05) is 19.6 Å². The highest BCUT2D eigenvalue weighted by molar-refractivity contribution is 7.16. The summed E-state index contributed by atoms with van der Waals surface area (Å²) < 4.78 is 13.0. The van der Waals surface area contributed by atoms with Gasteiger partial charge in [-0.2, -0.15) is 4.98 Å². The molecule has 24 heavy (non-hydrogen) atoms. The minimum atomic E-state index is -0.214. The molecule has 4 rings (SSSR count). The van der Waals surface area contributed by atoms with Crippen molar-refractivity contribution in [3.05, 3.63) is 47.1 Å². The maximum Gasteiger partial charge on any atom is 0.228 e. The van der Waals surface area contributed by atoms with Crippen molar-refractivity contribution in [2.45, 2.75) is 25.8 Å². The number of nitrogens with one attached hydrogen (secondary N) is 1. The van der Waals surface area contributed by atoms with Gasteiger partial charge in [-0.1, -0.05) is 12.1 Å². The molecule has 0 atom stereocenters. The Hall–Kier alpha value is -2.21. The van der Waals surface area contributed by atoms with E-state index in [0.29, 0.717) is 6.54 Å². The van der Waals surface area contributed by atoms with E-state index in [-0.39, 0.29) is 5.82 Å². The Morgan fingerprint density at radius 2 is 1.83 bits per heavy atom. The van der Waals surface area contributed by atoms with E-state index in [9.17, 15) is 4.39 Å². The molecule has 1 aromatic carbocycles. The number of hydrogen-bond acceptors (Lipinski definition) is 5. The fourth-order valence-corrected chi connectivity index (χ4v) is 3.76. The third-order valence-electron chi connectivity index (χ3n) is 4.33. The molecular formula is C18H19FN4S. The molecule has 3 aromatic rings. The van der Waals surface area contributed by atoms with Crippen LogP contribution in [0.1, 0.15) is 24.8 Å². The van der Waals surface area contributed by atoms with Gasteiger partial charge in [0.2, 0.25) is 5.95 Å². The minimum absolute atomic E-state index is 0.214. The minimum Gasteiger partial charge on any atom is -0.365 e. The molecule has 0 amide bonds. The van der Waals surface area contributed by atoms with Crippen molar-refractivity contribution in [2.75, 3.05) is 23.3 Å². The van der Waals surface area contributed by atoms with Crippen molar-refractivity contribution < 1.29 is 4.39 Å². The lowest BCUT2D eigenvalue weighted by Gasteiger charge is -2.27. The number of piperidine rings is 1. The zero-order valence-corrected chi connectivity index (χ0v) is 14.2. The fraction of sp³-hybridized carbons (Fsp3) is 0.333. The molecular weight excluding hydrogens is 323 g/mol. The molecule has 0 spiro atoms. The molecule has 1 aliphatic rings. The standard InChI is InChI=1S/C18H19FN4S/c19-14-6-4-13(5-7-14)12-20-16-15-8-11-24-17(15)22-18(21-16)23-9-2-1-3-10-23/h4-8,11H,1-3,9-10,12H2,(H,20,21,22). The van der Waals surface area contributed by atoms with Crippen molar-refractivity contribution in [1.29, 1.82) is 0 Å². The van der Waals surface area contributed by atoms with Crippen molar-refractivity contribution in [3.63, 3.8) is 0 Å². The number of fused-ring (bicyclic) bond motifs is 1. The van der Waals surface area contributed by atoms with Gasteiger partial charge in [0.15, 0.2) is 0 Å². The fourth-order valence-electron chi connectivity index (χ4n) is 3.00. The summed E-state index contributed by atoms with van der Waals surface area (Å²) in [5.74, 6) is 1.45. The molecule has 1 aliphatic heterocycles. The molecule has 0 bridgehead atoms. The maximum absolute atomic E-state index is 13.0. The van der Waals surface area contributed by atoms with Crippen molar-refractivity contribution in [3.8, 4) is 0 Å². The zero-order chi connectivity index (χ0) is 16.4. The summed E-state index contributed by atoms with van der Waals surface area (Å²) in [6.45, 7) is 2.66. The molecule has 3 heterocycles. The Labute approximate surface area is 144 Å². The van der Waals surface area contributed by atoms with Gasteiger partial charge in [-0.3, -0.25) is 0 Å². The number of anilines is 2.